The molecule has 0 aliphatic carbocycles. The van der Waals surface area contributed by atoms with E-state index in [2.05, 4.69) is 52.1 Å². The van der Waals surface area contributed by atoms with Crippen LogP contribution >= 0.6 is 0 Å². The van der Waals surface area contributed by atoms with Crippen LogP contribution in [0.3, 0.4) is 0 Å². The maximum atomic E-state index is 9.10. The first kappa shape index (κ1) is 14.2. The van der Waals surface area contributed by atoms with Gasteiger partial charge in [-0.2, -0.15) is 0 Å². The third kappa shape index (κ3) is 3.83. The fourth-order valence-corrected chi connectivity index (χ4v) is 1.84. The van der Waals surface area contributed by atoms with Crippen molar-refractivity contribution in [2.75, 3.05) is 6.61 Å². The van der Waals surface area contributed by atoms with Gasteiger partial charge in [-0.15, -0.1) is 0 Å². The lowest BCUT2D eigenvalue weighted by molar-refractivity contribution is 0.207. The van der Waals surface area contributed by atoms with Crippen LogP contribution in [0.5, 0.6) is 0 Å². The monoisotopic (exact) mass is 235 g/mol. The fraction of sp³-hybridized carbons (Fsp3) is 0.600. The number of benzene rings is 1. The number of hydrogen-bond donors (Lipinski definition) is 2. The highest BCUT2D eigenvalue weighted by atomic mass is 16.3. The summed E-state index contributed by atoms with van der Waals surface area (Å²) in [6.45, 7) is 11.7. The van der Waals surface area contributed by atoms with Crippen molar-refractivity contribution in [3.63, 3.8) is 0 Å². The summed E-state index contributed by atoms with van der Waals surface area (Å²) in [6, 6.07) is 4.83. The molecule has 2 nitrogen and oxygen atoms in total. The van der Waals surface area contributed by atoms with Crippen molar-refractivity contribution in [1.29, 1.82) is 0 Å². The van der Waals surface area contributed by atoms with Crippen LogP contribution in [-0.2, 0) is 6.54 Å². The minimum absolute atomic E-state index is 0.236. The lowest BCUT2D eigenvalue weighted by atomic mass is 9.99. The summed E-state index contributed by atoms with van der Waals surface area (Å²) in [6.07, 6.45) is 0. The first-order valence-electron chi connectivity index (χ1n) is 6.36. The van der Waals surface area contributed by atoms with Crippen LogP contribution in [0.4, 0.5) is 0 Å². The summed E-state index contributed by atoms with van der Waals surface area (Å²) in [5.74, 6) is 0.293. The molecule has 0 aromatic heterocycles. The predicted octanol–water partition coefficient (Wildman–Crippen LogP) is 2.72. The zero-order chi connectivity index (χ0) is 13.0. The molecule has 2 heteroatoms. The summed E-state index contributed by atoms with van der Waals surface area (Å²) in [5, 5.41) is 12.6. The molecular weight excluding hydrogens is 210 g/mol. The molecular formula is C15H25NO. The largest absolute Gasteiger partial charge is 0.396 e. The lowest BCUT2D eigenvalue weighted by Crippen LogP contribution is -2.33. The van der Waals surface area contributed by atoms with Crippen molar-refractivity contribution in [3.05, 3.63) is 34.4 Å². The molecule has 0 aliphatic rings. The molecule has 0 fully saturated rings. The molecule has 0 bridgehead atoms. The molecule has 0 amide bonds. The standard InChI is InChI=1S/C15H25NO/c1-10-6-12(3)15(7-11(10)2)8-16-14(5)13(4)9-17/h6-7,13-14,16-17H,8-9H2,1-5H3. The van der Waals surface area contributed by atoms with Crippen LogP contribution in [0.1, 0.15) is 36.1 Å². The van der Waals surface area contributed by atoms with E-state index in [-0.39, 0.29) is 6.61 Å². The van der Waals surface area contributed by atoms with Gasteiger partial charge in [-0.25, -0.2) is 0 Å². The van der Waals surface area contributed by atoms with Gasteiger partial charge in [-0.1, -0.05) is 19.1 Å². The van der Waals surface area contributed by atoms with Crippen molar-refractivity contribution in [2.24, 2.45) is 5.92 Å². The van der Waals surface area contributed by atoms with Gasteiger partial charge in [0, 0.05) is 19.2 Å². The minimum atomic E-state index is 0.236. The molecule has 1 rings (SSSR count). The molecule has 2 N–H and O–H groups in total. The van der Waals surface area contributed by atoms with Crippen LogP contribution in [0.15, 0.2) is 12.1 Å². The molecule has 2 atom stereocenters. The highest BCUT2D eigenvalue weighted by Gasteiger charge is 2.11. The quantitative estimate of drug-likeness (QED) is 0.822. The Morgan fingerprint density at radius 1 is 1.06 bits per heavy atom. The van der Waals surface area contributed by atoms with Crippen molar-refractivity contribution >= 4 is 0 Å². The van der Waals surface area contributed by atoms with Crippen LogP contribution in [0.2, 0.25) is 0 Å². The van der Waals surface area contributed by atoms with Gasteiger partial charge in [0.15, 0.2) is 0 Å². The second-order valence-electron chi connectivity index (χ2n) is 5.19. The van der Waals surface area contributed by atoms with Crippen molar-refractivity contribution in [2.45, 2.75) is 47.2 Å². The second-order valence-corrected chi connectivity index (χ2v) is 5.19. The van der Waals surface area contributed by atoms with E-state index < -0.39 is 0 Å². The average molecular weight is 235 g/mol. The van der Waals surface area contributed by atoms with E-state index in [9.17, 15) is 0 Å². The number of nitrogens with one attached hydrogen (secondary N) is 1. The Kier molecular flexibility index (Phi) is 5.16. The summed E-state index contributed by atoms with van der Waals surface area (Å²) in [7, 11) is 0. The van der Waals surface area contributed by atoms with Crippen molar-refractivity contribution in [1.82, 2.24) is 5.32 Å². The molecule has 1 aromatic rings. The number of aryl methyl sites for hydroxylation is 3. The molecule has 17 heavy (non-hydrogen) atoms. The molecule has 1 aromatic carbocycles. The Balaban J connectivity index is 2.66. The van der Waals surface area contributed by atoms with Gasteiger partial charge in [0.1, 0.15) is 0 Å². The Morgan fingerprint density at radius 3 is 2.24 bits per heavy atom. The Hall–Kier alpha value is -0.860. The number of aliphatic hydroxyl groups excluding tert-OH is 1. The van der Waals surface area contributed by atoms with E-state index in [1.165, 1.54) is 22.3 Å². The average Bonchev–Trinajstić information content (AvgIpc) is 2.30. The van der Waals surface area contributed by atoms with Gasteiger partial charge >= 0.3 is 0 Å². The third-order valence-electron chi connectivity index (χ3n) is 3.71. The van der Waals surface area contributed by atoms with Crippen LogP contribution in [-0.4, -0.2) is 17.8 Å². The zero-order valence-corrected chi connectivity index (χ0v) is 11.7. The molecule has 0 radical (unpaired) electrons. The third-order valence-corrected chi connectivity index (χ3v) is 3.71. The molecule has 2 unspecified atom stereocenters. The van der Waals surface area contributed by atoms with E-state index >= 15 is 0 Å². The highest BCUT2D eigenvalue weighted by Crippen LogP contribution is 2.15. The zero-order valence-electron chi connectivity index (χ0n) is 11.7. The van der Waals surface area contributed by atoms with Gasteiger partial charge in [0.2, 0.25) is 0 Å². The van der Waals surface area contributed by atoms with Gasteiger partial charge < -0.3 is 10.4 Å². The topological polar surface area (TPSA) is 32.3 Å². The molecule has 0 saturated carbocycles. The predicted molar refractivity (Wildman–Crippen MR) is 73.2 cm³/mol. The van der Waals surface area contributed by atoms with E-state index in [0.29, 0.717) is 12.0 Å². The minimum Gasteiger partial charge on any atom is -0.396 e. The maximum Gasteiger partial charge on any atom is 0.0471 e. The first-order chi connectivity index (χ1) is 7.95. The Bertz CT molecular complexity index is 373. The molecule has 0 heterocycles. The van der Waals surface area contributed by atoms with E-state index in [0.717, 1.165) is 6.54 Å². The van der Waals surface area contributed by atoms with Gasteiger partial charge in [-0.05, 0) is 55.9 Å². The van der Waals surface area contributed by atoms with Crippen molar-refractivity contribution < 1.29 is 5.11 Å². The molecule has 0 aliphatic heterocycles. The van der Waals surface area contributed by atoms with E-state index in [1.54, 1.807) is 0 Å². The summed E-state index contributed by atoms with van der Waals surface area (Å²) in [4.78, 5) is 0. The second kappa shape index (κ2) is 6.18. The maximum absolute atomic E-state index is 9.10. The summed E-state index contributed by atoms with van der Waals surface area (Å²) in [5.41, 5.74) is 5.38. The lowest BCUT2D eigenvalue weighted by Gasteiger charge is -2.20. The van der Waals surface area contributed by atoms with Crippen LogP contribution in [0, 0.1) is 26.7 Å². The van der Waals surface area contributed by atoms with Gasteiger partial charge in [-0.3, -0.25) is 0 Å². The Labute approximate surface area is 105 Å². The van der Waals surface area contributed by atoms with E-state index in [1.807, 2.05) is 0 Å². The number of aliphatic hydroxyl groups is 1. The number of hydrogen-bond acceptors (Lipinski definition) is 2. The Morgan fingerprint density at radius 2 is 1.65 bits per heavy atom. The van der Waals surface area contributed by atoms with Gasteiger partial charge in [0.25, 0.3) is 0 Å². The molecule has 0 spiro atoms. The molecule has 96 valence electrons. The van der Waals surface area contributed by atoms with Crippen molar-refractivity contribution in [3.8, 4) is 0 Å². The summed E-state index contributed by atoms with van der Waals surface area (Å²) >= 11 is 0. The fourth-order valence-electron chi connectivity index (χ4n) is 1.84. The normalized spacial score (nSPS) is 14.7. The SMILES string of the molecule is Cc1cc(C)c(CNC(C)C(C)CO)cc1C. The van der Waals surface area contributed by atoms with Crippen LogP contribution < -0.4 is 5.32 Å². The first-order valence-corrected chi connectivity index (χ1v) is 6.36. The molecule has 0 saturated heterocycles. The number of rotatable bonds is 5. The van der Waals surface area contributed by atoms with Gasteiger partial charge in [0.05, 0.1) is 0 Å². The summed E-state index contributed by atoms with van der Waals surface area (Å²) < 4.78 is 0. The smallest absolute Gasteiger partial charge is 0.0471 e. The van der Waals surface area contributed by atoms with Crippen LogP contribution in [0.25, 0.3) is 0 Å². The van der Waals surface area contributed by atoms with E-state index in [4.69, 9.17) is 5.11 Å². The highest BCUT2D eigenvalue weighted by molar-refractivity contribution is 5.36.